The summed E-state index contributed by atoms with van der Waals surface area (Å²) in [7, 11) is 3.60. The van der Waals surface area contributed by atoms with Crippen LogP contribution < -0.4 is 5.32 Å². The molecule has 0 bridgehead atoms. The van der Waals surface area contributed by atoms with Crippen LogP contribution in [0.4, 0.5) is 4.79 Å². The van der Waals surface area contributed by atoms with Crippen LogP contribution in [0.1, 0.15) is 23.5 Å². The summed E-state index contributed by atoms with van der Waals surface area (Å²) in [5, 5.41) is 11.9. The topological polar surface area (TPSA) is 108 Å². The van der Waals surface area contributed by atoms with Gasteiger partial charge in [-0.2, -0.15) is 0 Å². The standard InChI is InChI=1S/C26H31N3O6/c1-28(2)14-23(25(32)29-11-12-34-15-17(29)13-24(30)31)27-26(33)35-16-22-20-9-5-3-7-18(20)19-8-4-6-10-21(19)22/h3-10,17,22-23H,11-16H2,1-2H3,(H,27,33)(H,30,31). The Bertz CT molecular complexity index is 1040. The normalized spacial score (nSPS) is 18.0. The van der Waals surface area contributed by atoms with Gasteiger partial charge >= 0.3 is 12.1 Å². The number of ether oxygens (including phenoxy) is 2. The Morgan fingerprint density at radius 3 is 2.34 bits per heavy atom. The molecule has 1 aliphatic carbocycles. The third kappa shape index (κ3) is 5.63. The maximum atomic E-state index is 13.3. The van der Waals surface area contributed by atoms with Crippen LogP contribution in [0.2, 0.25) is 0 Å². The predicted octanol–water partition coefficient (Wildman–Crippen LogP) is 2.16. The largest absolute Gasteiger partial charge is 0.481 e. The Labute approximate surface area is 204 Å². The summed E-state index contributed by atoms with van der Waals surface area (Å²) in [4.78, 5) is 40.7. The highest BCUT2D eigenvalue weighted by atomic mass is 16.5. The van der Waals surface area contributed by atoms with E-state index in [9.17, 15) is 19.5 Å². The van der Waals surface area contributed by atoms with E-state index in [2.05, 4.69) is 17.4 Å². The second-order valence-corrected chi connectivity index (χ2v) is 9.14. The van der Waals surface area contributed by atoms with Crippen LogP contribution in [-0.2, 0) is 19.1 Å². The highest BCUT2D eigenvalue weighted by Gasteiger charge is 2.35. The van der Waals surface area contributed by atoms with E-state index in [1.54, 1.807) is 19.0 Å². The maximum Gasteiger partial charge on any atom is 0.407 e. The zero-order valence-corrected chi connectivity index (χ0v) is 20.0. The smallest absolute Gasteiger partial charge is 0.407 e. The van der Waals surface area contributed by atoms with Gasteiger partial charge in [0.1, 0.15) is 12.6 Å². The summed E-state index contributed by atoms with van der Waals surface area (Å²) in [6.45, 7) is 1.13. The van der Waals surface area contributed by atoms with E-state index in [4.69, 9.17) is 9.47 Å². The van der Waals surface area contributed by atoms with Gasteiger partial charge in [-0.15, -0.1) is 0 Å². The van der Waals surface area contributed by atoms with Gasteiger partial charge in [0, 0.05) is 19.0 Å². The lowest BCUT2D eigenvalue weighted by Gasteiger charge is -2.37. The molecule has 186 valence electrons. The molecule has 0 spiro atoms. The zero-order chi connectivity index (χ0) is 24.9. The summed E-state index contributed by atoms with van der Waals surface area (Å²) in [5.41, 5.74) is 4.48. The monoisotopic (exact) mass is 481 g/mol. The molecule has 0 radical (unpaired) electrons. The van der Waals surface area contributed by atoms with Crippen molar-refractivity contribution in [2.75, 3.05) is 47.0 Å². The average molecular weight is 482 g/mol. The van der Waals surface area contributed by atoms with Crippen molar-refractivity contribution in [1.29, 1.82) is 0 Å². The van der Waals surface area contributed by atoms with Gasteiger partial charge in [-0.05, 0) is 36.3 Å². The quantitative estimate of drug-likeness (QED) is 0.595. The van der Waals surface area contributed by atoms with Crippen LogP contribution in [-0.4, -0.2) is 92.0 Å². The average Bonchev–Trinajstić information content (AvgIpc) is 3.15. The van der Waals surface area contributed by atoms with E-state index in [1.807, 2.05) is 36.4 Å². The van der Waals surface area contributed by atoms with E-state index in [-0.39, 0.29) is 44.5 Å². The second kappa shape index (κ2) is 10.9. The van der Waals surface area contributed by atoms with Crippen molar-refractivity contribution in [1.82, 2.24) is 15.1 Å². The first-order chi connectivity index (χ1) is 16.8. The summed E-state index contributed by atoms with van der Waals surface area (Å²) in [6.07, 6.45) is -0.902. The number of morpholine rings is 1. The third-order valence-electron chi connectivity index (χ3n) is 6.40. The summed E-state index contributed by atoms with van der Waals surface area (Å²) in [6, 6.07) is 14.7. The van der Waals surface area contributed by atoms with Crippen LogP contribution in [0.25, 0.3) is 11.1 Å². The molecule has 2 aliphatic rings. The molecular formula is C26H31N3O6. The third-order valence-corrected chi connectivity index (χ3v) is 6.40. The summed E-state index contributed by atoms with van der Waals surface area (Å²) in [5.74, 6) is -1.44. The van der Waals surface area contributed by atoms with Crippen LogP contribution in [0.3, 0.4) is 0 Å². The molecule has 2 N–H and O–H groups in total. The molecule has 0 aromatic heterocycles. The fourth-order valence-corrected chi connectivity index (χ4v) is 4.85. The van der Waals surface area contributed by atoms with Crippen molar-refractivity contribution in [3.8, 4) is 11.1 Å². The number of hydrogen-bond acceptors (Lipinski definition) is 6. The molecule has 1 aliphatic heterocycles. The van der Waals surface area contributed by atoms with E-state index in [0.717, 1.165) is 22.3 Å². The van der Waals surface area contributed by atoms with E-state index in [0.29, 0.717) is 6.61 Å². The molecule has 35 heavy (non-hydrogen) atoms. The molecule has 1 saturated heterocycles. The number of rotatable bonds is 8. The highest BCUT2D eigenvalue weighted by molar-refractivity contribution is 5.87. The van der Waals surface area contributed by atoms with Gasteiger partial charge in [-0.25, -0.2) is 4.79 Å². The zero-order valence-electron chi connectivity index (χ0n) is 20.0. The van der Waals surface area contributed by atoms with Gasteiger partial charge in [0.2, 0.25) is 5.91 Å². The molecular weight excluding hydrogens is 450 g/mol. The van der Waals surface area contributed by atoms with Gasteiger partial charge in [0.25, 0.3) is 0 Å². The van der Waals surface area contributed by atoms with Crippen LogP contribution in [0.15, 0.2) is 48.5 Å². The SMILES string of the molecule is CN(C)CC(NC(=O)OCC1c2ccccc2-c2ccccc21)C(=O)N1CCOCC1CC(=O)O. The van der Waals surface area contributed by atoms with Gasteiger partial charge in [-0.3, -0.25) is 9.59 Å². The highest BCUT2D eigenvalue weighted by Crippen LogP contribution is 2.44. The molecule has 2 unspecified atom stereocenters. The van der Waals surface area contributed by atoms with Crippen LogP contribution >= 0.6 is 0 Å². The number of carbonyl (C=O) groups is 3. The van der Waals surface area contributed by atoms with Gasteiger partial charge in [0.05, 0.1) is 25.7 Å². The second-order valence-electron chi connectivity index (χ2n) is 9.14. The Balaban J connectivity index is 1.44. The minimum absolute atomic E-state index is 0.0876. The number of aliphatic carboxylic acids is 1. The number of nitrogens with zero attached hydrogens (tertiary/aromatic N) is 2. The lowest BCUT2D eigenvalue weighted by atomic mass is 9.98. The molecule has 2 atom stereocenters. The molecule has 2 amide bonds. The number of carbonyl (C=O) groups excluding carboxylic acids is 2. The molecule has 0 saturated carbocycles. The summed E-state index contributed by atoms with van der Waals surface area (Å²) < 4.78 is 11.0. The lowest BCUT2D eigenvalue weighted by molar-refractivity contribution is -0.147. The number of carboxylic acids is 1. The molecule has 2 aromatic rings. The van der Waals surface area contributed by atoms with Gasteiger partial charge in [0.15, 0.2) is 0 Å². The number of alkyl carbamates (subject to hydrolysis) is 1. The number of fused-ring (bicyclic) bond motifs is 3. The Hall–Kier alpha value is -3.43. The van der Waals surface area contributed by atoms with Crippen molar-refractivity contribution in [3.05, 3.63) is 59.7 Å². The van der Waals surface area contributed by atoms with E-state index >= 15 is 0 Å². The number of amides is 2. The molecule has 9 nitrogen and oxygen atoms in total. The predicted molar refractivity (Wildman–Crippen MR) is 129 cm³/mol. The van der Waals surface area contributed by atoms with Crippen LogP contribution in [0.5, 0.6) is 0 Å². The number of benzene rings is 2. The minimum Gasteiger partial charge on any atom is -0.481 e. The first-order valence-corrected chi connectivity index (χ1v) is 11.7. The number of carboxylic acid groups (broad SMARTS) is 1. The molecule has 9 heteroatoms. The number of nitrogens with one attached hydrogen (secondary N) is 1. The van der Waals surface area contributed by atoms with Crippen molar-refractivity contribution in [2.24, 2.45) is 0 Å². The molecule has 4 rings (SSSR count). The van der Waals surface area contributed by atoms with Gasteiger partial charge in [-0.1, -0.05) is 48.5 Å². The Morgan fingerprint density at radius 1 is 1.11 bits per heavy atom. The fraction of sp³-hybridized carbons (Fsp3) is 0.423. The lowest BCUT2D eigenvalue weighted by Crippen LogP contribution is -2.58. The molecule has 1 heterocycles. The van der Waals surface area contributed by atoms with Crippen molar-refractivity contribution in [3.63, 3.8) is 0 Å². The minimum atomic E-state index is -1.01. The van der Waals surface area contributed by atoms with Crippen molar-refractivity contribution >= 4 is 18.0 Å². The van der Waals surface area contributed by atoms with Gasteiger partial charge < -0.3 is 29.7 Å². The number of hydrogen-bond donors (Lipinski definition) is 2. The number of likely N-dealkylation sites (N-methyl/N-ethyl adjacent to an activating group) is 1. The van der Waals surface area contributed by atoms with Crippen LogP contribution in [0, 0.1) is 0 Å². The first-order valence-electron chi connectivity index (χ1n) is 11.7. The Kier molecular flexibility index (Phi) is 7.67. The van der Waals surface area contributed by atoms with Crippen molar-refractivity contribution in [2.45, 2.75) is 24.4 Å². The Morgan fingerprint density at radius 2 is 1.74 bits per heavy atom. The maximum absolute atomic E-state index is 13.3. The van der Waals surface area contributed by atoms with E-state index in [1.165, 1.54) is 4.90 Å². The molecule has 1 fully saturated rings. The summed E-state index contributed by atoms with van der Waals surface area (Å²) >= 11 is 0. The molecule has 2 aromatic carbocycles. The fourth-order valence-electron chi connectivity index (χ4n) is 4.85. The van der Waals surface area contributed by atoms with E-state index < -0.39 is 24.1 Å². The van der Waals surface area contributed by atoms with Crippen molar-refractivity contribution < 1.29 is 29.0 Å². The first kappa shape index (κ1) is 24.7.